The molecule has 0 fully saturated rings. The highest BCUT2D eigenvalue weighted by atomic mass is 16.2. The molecule has 0 bridgehead atoms. The maximum absolute atomic E-state index is 11.0. The third-order valence-electron chi connectivity index (χ3n) is 1.98. The Hall–Kier alpha value is -1.71. The molecule has 0 saturated heterocycles. The lowest BCUT2D eigenvalue weighted by atomic mass is 10.1. The summed E-state index contributed by atoms with van der Waals surface area (Å²) in [7, 11) is 0. The van der Waals surface area contributed by atoms with Crippen LogP contribution in [0.2, 0.25) is 0 Å². The van der Waals surface area contributed by atoms with Gasteiger partial charge in [0.25, 0.3) is 0 Å². The summed E-state index contributed by atoms with van der Waals surface area (Å²) < 4.78 is 0. The molecule has 66 valence electrons. The van der Waals surface area contributed by atoms with Crippen molar-refractivity contribution in [2.24, 2.45) is 0 Å². The van der Waals surface area contributed by atoms with Gasteiger partial charge in [0.1, 0.15) is 5.82 Å². The van der Waals surface area contributed by atoms with Crippen LogP contribution in [0.5, 0.6) is 0 Å². The molecule has 0 aromatic carbocycles. The number of hydrogen-bond acceptors (Lipinski definition) is 3. The molecule has 0 saturated carbocycles. The molecule has 0 atom stereocenters. The van der Waals surface area contributed by atoms with Crippen molar-refractivity contribution in [1.82, 2.24) is 4.98 Å². The van der Waals surface area contributed by atoms with Gasteiger partial charge in [0.2, 0.25) is 5.91 Å². The van der Waals surface area contributed by atoms with E-state index in [1.165, 1.54) is 13.1 Å². The summed E-state index contributed by atoms with van der Waals surface area (Å²) in [5.74, 6) is 0.479. The van der Waals surface area contributed by atoms with Crippen molar-refractivity contribution < 1.29 is 9.59 Å². The molecule has 0 aliphatic carbocycles. The average molecular weight is 176 g/mol. The van der Waals surface area contributed by atoms with Crippen LogP contribution in [0, 0.1) is 0 Å². The lowest BCUT2D eigenvalue weighted by Crippen LogP contribution is -2.04. The monoisotopic (exact) mass is 176 g/mol. The van der Waals surface area contributed by atoms with Gasteiger partial charge in [-0.05, 0) is 13.0 Å². The number of carbonyl (C=O) groups excluding carboxylic acids is 2. The highest BCUT2D eigenvalue weighted by Gasteiger charge is 2.19. The summed E-state index contributed by atoms with van der Waals surface area (Å²) in [5.41, 5.74) is 1.35. The first-order valence-corrected chi connectivity index (χ1v) is 3.96. The van der Waals surface area contributed by atoms with Crippen LogP contribution in [-0.2, 0) is 11.2 Å². The zero-order valence-corrected chi connectivity index (χ0v) is 7.13. The van der Waals surface area contributed by atoms with E-state index in [1.54, 1.807) is 6.07 Å². The number of Topliss-reactive ketones (excluding diaryl/α,β-unsaturated/α-hetero) is 1. The number of hydrogen-bond donors (Lipinski definition) is 1. The van der Waals surface area contributed by atoms with Crippen LogP contribution in [0.3, 0.4) is 0 Å². The average Bonchev–Trinajstić information content (AvgIpc) is 2.42. The molecule has 1 N–H and O–H groups in total. The minimum absolute atomic E-state index is 0.0327. The predicted molar refractivity (Wildman–Crippen MR) is 46.6 cm³/mol. The van der Waals surface area contributed by atoms with Crippen LogP contribution in [0.4, 0.5) is 5.82 Å². The number of amides is 1. The molecule has 0 unspecified atom stereocenters. The number of nitrogens with zero attached hydrogens (tertiary/aromatic N) is 1. The minimum Gasteiger partial charge on any atom is -0.310 e. The minimum atomic E-state index is -0.0665. The number of anilines is 1. The highest BCUT2D eigenvalue weighted by Crippen LogP contribution is 2.20. The first-order valence-electron chi connectivity index (χ1n) is 3.96. The second-order valence-electron chi connectivity index (χ2n) is 3.01. The topological polar surface area (TPSA) is 59.1 Å². The Morgan fingerprint density at radius 3 is 3.08 bits per heavy atom. The maximum atomic E-state index is 11.0. The van der Waals surface area contributed by atoms with Crippen molar-refractivity contribution in [2.45, 2.75) is 13.3 Å². The van der Waals surface area contributed by atoms with Gasteiger partial charge in [-0.15, -0.1) is 0 Å². The van der Waals surface area contributed by atoms with Gasteiger partial charge in [0.15, 0.2) is 5.78 Å². The number of pyridine rings is 1. The second kappa shape index (κ2) is 2.65. The summed E-state index contributed by atoms with van der Waals surface area (Å²) in [6, 6.07) is 1.71. The van der Waals surface area contributed by atoms with Crippen molar-refractivity contribution in [3.05, 3.63) is 23.4 Å². The number of aromatic nitrogens is 1. The Labute approximate surface area is 75.0 Å². The van der Waals surface area contributed by atoms with Crippen molar-refractivity contribution in [2.75, 3.05) is 5.32 Å². The van der Waals surface area contributed by atoms with Crippen LogP contribution in [0.15, 0.2) is 12.3 Å². The number of ketones is 1. The summed E-state index contributed by atoms with van der Waals surface area (Å²) in [5, 5.41) is 2.60. The molecule has 1 aromatic heterocycles. The van der Waals surface area contributed by atoms with Crippen LogP contribution >= 0.6 is 0 Å². The first kappa shape index (κ1) is 7.91. The molecule has 4 heteroatoms. The number of rotatable bonds is 1. The molecule has 13 heavy (non-hydrogen) atoms. The fourth-order valence-corrected chi connectivity index (χ4v) is 1.30. The molecule has 1 aliphatic heterocycles. The van der Waals surface area contributed by atoms with Gasteiger partial charge in [-0.3, -0.25) is 9.59 Å². The SMILES string of the molecule is CC(=O)c1cnc2c(c1)CC(=O)N2. The number of nitrogens with one attached hydrogen (secondary N) is 1. The van der Waals surface area contributed by atoms with Gasteiger partial charge < -0.3 is 5.32 Å². The number of carbonyl (C=O) groups is 2. The Kier molecular flexibility index (Phi) is 1.62. The predicted octanol–water partition coefficient (Wildman–Crippen LogP) is 0.779. The molecular weight excluding hydrogens is 168 g/mol. The summed E-state index contributed by atoms with van der Waals surface area (Å²) in [6.45, 7) is 1.48. The molecule has 2 rings (SSSR count). The summed E-state index contributed by atoms with van der Waals surface area (Å²) >= 11 is 0. The molecule has 0 spiro atoms. The second-order valence-corrected chi connectivity index (χ2v) is 3.01. The third-order valence-corrected chi connectivity index (χ3v) is 1.98. The smallest absolute Gasteiger partial charge is 0.230 e. The standard InChI is InChI=1S/C9H8N2O2/c1-5(12)7-2-6-3-8(13)11-9(6)10-4-7/h2,4H,3H2,1H3,(H,10,11,13). The normalized spacial score (nSPS) is 13.8. The van der Waals surface area contributed by atoms with Crippen LogP contribution in [-0.4, -0.2) is 16.7 Å². The van der Waals surface area contributed by atoms with Gasteiger partial charge in [0.05, 0.1) is 6.42 Å². The molecular formula is C9H8N2O2. The number of fused-ring (bicyclic) bond motifs is 1. The van der Waals surface area contributed by atoms with E-state index in [0.29, 0.717) is 17.8 Å². The third kappa shape index (κ3) is 1.30. The lowest BCUT2D eigenvalue weighted by Gasteiger charge is -1.98. The van der Waals surface area contributed by atoms with Gasteiger partial charge in [-0.25, -0.2) is 4.98 Å². The lowest BCUT2D eigenvalue weighted by molar-refractivity contribution is -0.115. The molecule has 1 amide bonds. The molecule has 2 heterocycles. The molecule has 1 aromatic rings. The van der Waals surface area contributed by atoms with E-state index in [-0.39, 0.29) is 11.7 Å². The van der Waals surface area contributed by atoms with E-state index in [2.05, 4.69) is 10.3 Å². The van der Waals surface area contributed by atoms with E-state index in [4.69, 9.17) is 0 Å². The van der Waals surface area contributed by atoms with Gasteiger partial charge in [-0.1, -0.05) is 0 Å². The Balaban J connectivity index is 2.45. The fraction of sp³-hybridized carbons (Fsp3) is 0.222. The zero-order valence-electron chi connectivity index (χ0n) is 7.13. The molecule has 0 radical (unpaired) electrons. The fourth-order valence-electron chi connectivity index (χ4n) is 1.30. The largest absolute Gasteiger partial charge is 0.310 e. The van der Waals surface area contributed by atoms with E-state index >= 15 is 0 Å². The van der Waals surface area contributed by atoms with E-state index in [9.17, 15) is 9.59 Å². The van der Waals surface area contributed by atoms with E-state index in [1.807, 2.05) is 0 Å². The van der Waals surface area contributed by atoms with Crippen LogP contribution in [0.25, 0.3) is 0 Å². The Morgan fingerprint density at radius 2 is 2.38 bits per heavy atom. The van der Waals surface area contributed by atoms with Crippen LogP contribution in [0.1, 0.15) is 22.8 Å². The van der Waals surface area contributed by atoms with Crippen molar-refractivity contribution in [1.29, 1.82) is 0 Å². The molecule has 4 nitrogen and oxygen atoms in total. The summed E-state index contributed by atoms with van der Waals surface area (Å²) in [6.07, 6.45) is 1.80. The van der Waals surface area contributed by atoms with Crippen molar-refractivity contribution in [3.8, 4) is 0 Å². The Bertz CT molecular complexity index is 399. The molecule has 1 aliphatic rings. The van der Waals surface area contributed by atoms with Gasteiger partial charge >= 0.3 is 0 Å². The maximum Gasteiger partial charge on any atom is 0.230 e. The van der Waals surface area contributed by atoms with Crippen LogP contribution < -0.4 is 5.32 Å². The van der Waals surface area contributed by atoms with Crippen molar-refractivity contribution >= 4 is 17.5 Å². The first-order chi connectivity index (χ1) is 6.16. The highest BCUT2D eigenvalue weighted by molar-refractivity contribution is 6.00. The zero-order chi connectivity index (χ0) is 9.42. The van der Waals surface area contributed by atoms with Crippen molar-refractivity contribution in [3.63, 3.8) is 0 Å². The van der Waals surface area contributed by atoms with Gasteiger partial charge in [-0.2, -0.15) is 0 Å². The van der Waals surface area contributed by atoms with Gasteiger partial charge in [0, 0.05) is 17.3 Å². The Morgan fingerprint density at radius 1 is 1.62 bits per heavy atom. The van der Waals surface area contributed by atoms with E-state index < -0.39 is 0 Å². The quantitative estimate of drug-likeness (QED) is 0.643. The van der Waals surface area contributed by atoms with E-state index in [0.717, 1.165) is 5.56 Å². The summed E-state index contributed by atoms with van der Waals surface area (Å²) in [4.78, 5) is 25.9.